The van der Waals surface area contributed by atoms with E-state index >= 15 is 0 Å². The van der Waals surface area contributed by atoms with Gasteiger partial charge in [-0.2, -0.15) is 0 Å². The van der Waals surface area contributed by atoms with Gasteiger partial charge in [-0.15, -0.1) is 0 Å². The molecule has 0 aliphatic rings. The number of ether oxygens (including phenoxy) is 3. The van der Waals surface area contributed by atoms with Gasteiger partial charge in [0.25, 0.3) is 0 Å². The Morgan fingerprint density at radius 3 is 0.873 bits per heavy atom. The first-order valence-corrected chi connectivity index (χ1v) is 30.8. The minimum absolute atomic E-state index is 0.0838. The molecule has 0 saturated heterocycles. The molecule has 0 amide bonds. The highest BCUT2D eigenvalue weighted by atomic mass is 16.6. The molecule has 412 valence electrons. The number of esters is 3. The van der Waals surface area contributed by atoms with Crippen LogP contribution in [0.2, 0.25) is 0 Å². The van der Waals surface area contributed by atoms with Crippen LogP contribution in [0.3, 0.4) is 0 Å². The van der Waals surface area contributed by atoms with Gasteiger partial charge in [0.15, 0.2) is 6.10 Å². The van der Waals surface area contributed by atoms with Gasteiger partial charge in [-0.05, 0) is 83.5 Å². The van der Waals surface area contributed by atoms with E-state index in [4.69, 9.17) is 14.2 Å². The SMILES string of the molecule is CC/C=C\C/C=C\C/C=C\C/C=C\CCCCCCC(=O)OC[C@H](COC(=O)CCCCCCC/C=C\CCCCCCCC)OC(=O)CCCCCCCCCCCCCCCCCCCCCCC. The van der Waals surface area contributed by atoms with Crippen molar-refractivity contribution in [1.29, 1.82) is 0 Å². The van der Waals surface area contributed by atoms with Gasteiger partial charge in [0.1, 0.15) is 13.2 Å². The number of hydrogen-bond donors (Lipinski definition) is 0. The van der Waals surface area contributed by atoms with Crippen molar-refractivity contribution in [3.05, 3.63) is 60.8 Å². The molecule has 0 spiro atoms. The molecule has 0 aliphatic heterocycles. The second kappa shape index (κ2) is 59.7. The summed E-state index contributed by atoms with van der Waals surface area (Å²) in [6.07, 6.45) is 75.1. The van der Waals surface area contributed by atoms with Crippen LogP contribution in [-0.2, 0) is 28.6 Å². The zero-order chi connectivity index (χ0) is 51.4. The summed E-state index contributed by atoms with van der Waals surface area (Å²) in [5.74, 6) is -0.899. The van der Waals surface area contributed by atoms with Gasteiger partial charge in [0, 0.05) is 19.3 Å². The summed E-state index contributed by atoms with van der Waals surface area (Å²) in [6.45, 7) is 6.54. The molecular formula is C65H116O6. The number of allylic oxidation sites excluding steroid dienone is 10. The topological polar surface area (TPSA) is 78.9 Å². The Labute approximate surface area is 440 Å². The van der Waals surface area contributed by atoms with E-state index in [9.17, 15) is 14.4 Å². The molecule has 0 saturated carbocycles. The molecule has 0 aromatic heterocycles. The van der Waals surface area contributed by atoms with Crippen molar-refractivity contribution >= 4 is 17.9 Å². The van der Waals surface area contributed by atoms with E-state index in [1.165, 1.54) is 173 Å². The largest absolute Gasteiger partial charge is 0.462 e. The minimum atomic E-state index is -0.787. The average molecular weight is 994 g/mol. The number of carbonyl (C=O) groups is 3. The maximum atomic E-state index is 12.9. The van der Waals surface area contributed by atoms with Crippen molar-refractivity contribution < 1.29 is 28.6 Å². The maximum absolute atomic E-state index is 12.9. The molecule has 0 heterocycles. The molecule has 6 nitrogen and oxygen atoms in total. The first-order valence-electron chi connectivity index (χ1n) is 30.8. The van der Waals surface area contributed by atoms with E-state index in [0.29, 0.717) is 19.3 Å². The van der Waals surface area contributed by atoms with Crippen molar-refractivity contribution in [1.82, 2.24) is 0 Å². The highest BCUT2D eigenvalue weighted by molar-refractivity contribution is 5.71. The molecule has 6 heteroatoms. The van der Waals surface area contributed by atoms with Gasteiger partial charge in [-0.3, -0.25) is 14.4 Å². The predicted molar refractivity (Wildman–Crippen MR) is 307 cm³/mol. The maximum Gasteiger partial charge on any atom is 0.306 e. The van der Waals surface area contributed by atoms with E-state index < -0.39 is 6.10 Å². The average Bonchev–Trinajstić information content (AvgIpc) is 3.37. The van der Waals surface area contributed by atoms with Crippen molar-refractivity contribution in [2.24, 2.45) is 0 Å². The summed E-state index contributed by atoms with van der Waals surface area (Å²) in [5.41, 5.74) is 0. The minimum Gasteiger partial charge on any atom is -0.462 e. The molecule has 0 fully saturated rings. The fourth-order valence-electron chi connectivity index (χ4n) is 8.90. The van der Waals surface area contributed by atoms with Crippen molar-refractivity contribution in [2.75, 3.05) is 13.2 Å². The van der Waals surface area contributed by atoms with Crippen LogP contribution in [0.1, 0.15) is 316 Å². The van der Waals surface area contributed by atoms with E-state index in [0.717, 1.165) is 103 Å². The molecule has 0 rings (SSSR count). The lowest BCUT2D eigenvalue weighted by Gasteiger charge is -2.18. The van der Waals surface area contributed by atoms with Gasteiger partial charge in [-0.1, -0.05) is 274 Å². The molecule has 0 bridgehead atoms. The van der Waals surface area contributed by atoms with Crippen LogP contribution in [-0.4, -0.2) is 37.2 Å². The fraction of sp³-hybridized carbons (Fsp3) is 0.800. The third kappa shape index (κ3) is 57.9. The quantitative estimate of drug-likeness (QED) is 0.0261. The van der Waals surface area contributed by atoms with E-state index in [1.54, 1.807) is 0 Å². The van der Waals surface area contributed by atoms with Crippen molar-refractivity contribution in [2.45, 2.75) is 322 Å². The Morgan fingerprint density at radius 2 is 0.549 bits per heavy atom. The summed E-state index contributed by atoms with van der Waals surface area (Å²) in [5, 5.41) is 0. The van der Waals surface area contributed by atoms with Gasteiger partial charge >= 0.3 is 17.9 Å². The van der Waals surface area contributed by atoms with E-state index in [2.05, 4.69) is 81.5 Å². The van der Waals surface area contributed by atoms with Crippen LogP contribution in [0, 0.1) is 0 Å². The molecule has 0 unspecified atom stereocenters. The zero-order valence-electron chi connectivity index (χ0n) is 47.2. The smallest absolute Gasteiger partial charge is 0.306 e. The third-order valence-corrected chi connectivity index (χ3v) is 13.5. The molecule has 0 radical (unpaired) electrons. The van der Waals surface area contributed by atoms with Crippen LogP contribution >= 0.6 is 0 Å². The number of unbranched alkanes of at least 4 members (excludes halogenated alkanes) is 35. The molecular weight excluding hydrogens is 877 g/mol. The Balaban J connectivity index is 4.37. The number of rotatable bonds is 56. The van der Waals surface area contributed by atoms with Crippen LogP contribution in [0.15, 0.2) is 60.8 Å². The molecule has 0 aromatic carbocycles. The van der Waals surface area contributed by atoms with Gasteiger partial charge in [0.2, 0.25) is 0 Å². The van der Waals surface area contributed by atoms with Crippen LogP contribution in [0.4, 0.5) is 0 Å². The fourth-order valence-corrected chi connectivity index (χ4v) is 8.90. The first-order chi connectivity index (χ1) is 35.0. The highest BCUT2D eigenvalue weighted by Gasteiger charge is 2.19. The predicted octanol–water partition coefficient (Wildman–Crippen LogP) is 20.8. The molecule has 71 heavy (non-hydrogen) atoms. The Bertz CT molecular complexity index is 1280. The second-order valence-corrected chi connectivity index (χ2v) is 20.6. The summed E-state index contributed by atoms with van der Waals surface area (Å²) < 4.78 is 16.9. The molecule has 0 aliphatic carbocycles. The summed E-state index contributed by atoms with van der Waals surface area (Å²) in [4.78, 5) is 38.2. The van der Waals surface area contributed by atoms with Crippen molar-refractivity contribution in [3.63, 3.8) is 0 Å². The Kier molecular flexibility index (Phi) is 57.2. The zero-order valence-corrected chi connectivity index (χ0v) is 47.2. The molecule has 0 N–H and O–H groups in total. The van der Waals surface area contributed by atoms with Gasteiger partial charge in [-0.25, -0.2) is 0 Å². The highest BCUT2D eigenvalue weighted by Crippen LogP contribution is 2.17. The van der Waals surface area contributed by atoms with Gasteiger partial charge in [0.05, 0.1) is 0 Å². The van der Waals surface area contributed by atoms with Crippen LogP contribution in [0.5, 0.6) is 0 Å². The van der Waals surface area contributed by atoms with E-state index in [-0.39, 0.29) is 31.1 Å². The first kappa shape index (κ1) is 68.1. The lowest BCUT2D eigenvalue weighted by Crippen LogP contribution is -2.30. The number of hydrogen-bond acceptors (Lipinski definition) is 6. The molecule has 0 aromatic rings. The molecule has 1 atom stereocenters. The number of carbonyl (C=O) groups excluding carboxylic acids is 3. The summed E-state index contributed by atoms with van der Waals surface area (Å²) in [6, 6.07) is 0. The summed E-state index contributed by atoms with van der Waals surface area (Å²) in [7, 11) is 0. The Hall–Kier alpha value is -2.89. The van der Waals surface area contributed by atoms with Crippen molar-refractivity contribution in [3.8, 4) is 0 Å². The van der Waals surface area contributed by atoms with E-state index in [1.807, 2.05) is 0 Å². The van der Waals surface area contributed by atoms with Crippen LogP contribution < -0.4 is 0 Å². The van der Waals surface area contributed by atoms with Gasteiger partial charge < -0.3 is 14.2 Å². The third-order valence-electron chi connectivity index (χ3n) is 13.5. The standard InChI is InChI=1S/C65H116O6/c1-4-7-10-13-16-19-22-25-28-30-31-32-33-35-38-41-44-47-50-53-56-59-65(68)71-62(60-69-63(66)57-54-51-48-45-42-39-36-27-24-21-18-15-12-9-6-3)61-70-64(67)58-55-52-49-46-43-40-37-34-29-26-23-20-17-14-11-8-5-2/h8,11,17,20,26-27,29,36-37,40,62H,4-7,9-10,12-16,18-19,21-25,28,30-35,38-39,41-61H2,1-3H3/b11-8-,20-17-,29-26-,36-27-,40-37-/t62-/m0/s1. The lowest BCUT2D eigenvalue weighted by molar-refractivity contribution is -0.167. The monoisotopic (exact) mass is 993 g/mol. The summed E-state index contributed by atoms with van der Waals surface area (Å²) >= 11 is 0. The normalized spacial score (nSPS) is 12.4. The lowest BCUT2D eigenvalue weighted by atomic mass is 10.0. The van der Waals surface area contributed by atoms with Crippen LogP contribution in [0.25, 0.3) is 0 Å². The second-order valence-electron chi connectivity index (χ2n) is 20.6. The Morgan fingerprint density at radius 1 is 0.296 bits per heavy atom.